The topological polar surface area (TPSA) is 21.3 Å². The van der Waals surface area contributed by atoms with Gasteiger partial charge in [-0.05, 0) is 77.0 Å². The molecule has 0 atom stereocenters. The Morgan fingerprint density at radius 3 is 1.98 bits per heavy atom. The Morgan fingerprint density at radius 2 is 1.10 bits per heavy atom. The molecular formula is C46H30N2O. The number of furan rings is 1. The van der Waals surface area contributed by atoms with Crippen molar-refractivity contribution in [2.24, 2.45) is 0 Å². The highest BCUT2D eigenvalue weighted by molar-refractivity contribution is 6.21. The summed E-state index contributed by atoms with van der Waals surface area (Å²) >= 11 is 0. The SMILES string of the molecule is c1ccc(-c2ccccc2N(c2ccc(-n3c4ccccc4c4c5ccccc5ccc43)cc2)c2ccc3c(c2)oc2ccccc23)cc1. The molecule has 49 heavy (non-hydrogen) atoms. The number of para-hydroxylation sites is 3. The van der Waals surface area contributed by atoms with Crippen LogP contribution in [-0.2, 0) is 0 Å². The highest BCUT2D eigenvalue weighted by Crippen LogP contribution is 2.43. The van der Waals surface area contributed by atoms with Gasteiger partial charge < -0.3 is 13.9 Å². The minimum atomic E-state index is 0.870. The predicted molar refractivity (Wildman–Crippen MR) is 206 cm³/mol. The standard InChI is InChI=1S/C46H30N2O/c1-2-12-31(13-3-1)36-15-6-9-19-41(36)47(35-27-28-39-38-17-8-11-21-44(38)49-45(39)30-35)33-23-25-34(26-24-33)48-42-20-10-7-18-40(42)46-37-16-5-4-14-32(37)22-29-43(46)48/h1-30H. The molecule has 0 aliphatic carbocycles. The molecule has 2 heterocycles. The molecule has 8 aromatic carbocycles. The van der Waals surface area contributed by atoms with Crippen LogP contribution in [0.25, 0.3) is 71.3 Å². The van der Waals surface area contributed by atoms with Crippen LogP contribution >= 0.6 is 0 Å². The summed E-state index contributed by atoms with van der Waals surface area (Å²) in [5.41, 5.74) is 10.8. The fourth-order valence-corrected chi connectivity index (χ4v) is 7.58. The van der Waals surface area contributed by atoms with Crippen LogP contribution in [0.4, 0.5) is 17.1 Å². The number of anilines is 3. The number of hydrogen-bond donors (Lipinski definition) is 0. The molecule has 0 fully saturated rings. The van der Waals surface area contributed by atoms with E-state index in [1.807, 2.05) is 12.1 Å². The van der Waals surface area contributed by atoms with Gasteiger partial charge in [0, 0.05) is 50.2 Å². The average Bonchev–Trinajstić information content (AvgIpc) is 3.71. The van der Waals surface area contributed by atoms with E-state index in [4.69, 9.17) is 4.42 Å². The number of hydrogen-bond acceptors (Lipinski definition) is 2. The molecule has 0 bridgehead atoms. The highest BCUT2D eigenvalue weighted by Gasteiger charge is 2.20. The zero-order valence-corrected chi connectivity index (χ0v) is 26.6. The average molecular weight is 627 g/mol. The molecule has 10 rings (SSSR count). The summed E-state index contributed by atoms with van der Waals surface area (Å²) in [5.74, 6) is 0. The molecule has 0 spiro atoms. The normalized spacial score (nSPS) is 11.7. The van der Waals surface area contributed by atoms with Crippen molar-refractivity contribution in [3.63, 3.8) is 0 Å². The third kappa shape index (κ3) is 4.37. The van der Waals surface area contributed by atoms with Crippen LogP contribution in [0.15, 0.2) is 186 Å². The molecule has 0 saturated heterocycles. The molecule has 3 heteroatoms. The second kappa shape index (κ2) is 11.0. The Hall–Kier alpha value is -6.58. The minimum absolute atomic E-state index is 0.870. The first kappa shape index (κ1) is 27.5. The van der Waals surface area contributed by atoms with E-state index in [2.05, 4.69) is 179 Å². The lowest BCUT2D eigenvalue weighted by Gasteiger charge is -2.28. The van der Waals surface area contributed by atoms with Gasteiger partial charge in [0.2, 0.25) is 0 Å². The van der Waals surface area contributed by atoms with Crippen molar-refractivity contribution < 1.29 is 4.42 Å². The van der Waals surface area contributed by atoms with Crippen molar-refractivity contribution in [1.29, 1.82) is 0 Å². The van der Waals surface area contributed by atoms with Crippen LogP contribution in [0.5, 0.6) is 0 Å². The van der Waals surface area contributed by atoms with Gasteiger partial charge in [0.25, 0.3) is 0 Å². The minimum Gasteiger partial charge on any atom is -0.456 e. The molecule has 0 aliphatic heterocycles. The Morgan fingerprint density at radius 1 is 0.429 bits per heavy atom. The molecule has 0 saturated carbocycles. The maximum Gasteiger partial charge on any atom is 0.137 e. The van der Waals surface area contributed by atoms with Gasteiger partial charge in [-0.2, -0.15) is 0 Å². The van der Waals surface area contributed by atoms with Crippen molar-refractivity contribution in [3.8, 4) is 16.8 Å². The van der Waals surface area contributed by atoms with E-state index in [-0.39, 0.29) is 0 Å². The number of benzene rings is 8. The van der Waals surface area contributed by atoms with Gasteiger partial charge in [-0.15, -0.1) is 0 Å². The lowest BCUT2D eigenvalue weighted by Crippen LogP contribution is -2.11. The summed E-state index contributed by atoms with van der Waals surface area (Å²) in [6.45, 7) is 0. The number of nitrogens with zero attached hydrogens (tertiary/aromatic N) is 2. The molecule has 2 aromatic heterocycles. The Labute approximate surface area is 283 Å². The summed E-state index contributed by atoms with van der Waals surface area (Å²) in [5, 5.41) is 7.32. The molecule has 0 aliphatic rings. The molecule has 0 radical (unpaired) electrons. The summed E-state index contributed by atoms with van der Waals surface area (Å²) in [7, 11) is 0. The first-order chi connectivity index (χ1) is 24.3. The van der Waals surface area contributed by atoms with Crippen LogP contribution in [0.3, 0.4) is 0 Å². The van der Waals surface area contributed by atoms with Crippen LogP contribution in [-0.4, -0.2) is 4.57 Å². The van der Waals surface area contributed by atoms with Crippen LogP contribution in [0, 0.1) is 0 Å². The second-order valence-electron chi connectivity index (χ2n) is 12.5. The van der Waals surface area contributed by atoms with Crippen molar-refractivity contribution >= 4 is 71.6 Å². The highest BCUT2D eigenvalue weighted by atomic mass is 16.3. The molecule has 0 unspecified atom stereocenters. The maximum atomic E-state index is 6.38. The van der Waals surface area contributed by atoms with E-state index in [1.54, 1.807) is 0 Å². The first-order valence-electron chi connectivity index (χ1n) is 16.7. The zero-order chi connectivity index (χ0) is 32.3. The quantitative estimate of drug-likeness (QED) is 0.190. The van der Waals surface area contributed by atoms with Crippen LogP contribution in [0.2, 0.25) is 0 Å². The maximum absolute atomic E-state index is 6.38. The molecule has 3 nitrogen and oxygen atoms in total. The summed E-state index contributed by atoms with van der Waals surface area (Å²) in [6.07, 6.45) is 0. The van der Waals surface area contributed by atoms with E-state index in [0.717, 1.165) is 50.3 Å². The number of rotatable bonds is 5. The molecule has 0 N–H and O–H groups in total. The van der Waals surface area contributed by atoms with Crippen molar-refractivity contribution in [3.05, 3.63) is 182 Å². The fourth-order valence-electron chi connectivity index (χ4n) is 7.58. The van der Waals surface area contributed by atoms with Gasteiger partial charge in [-0.3, -0.25) is 0 Å². The monoisotopic (exact) mass is 626 g/mol. The Balaban J connectivity index is 1.17. The Bertz CT molecular complexity index is 2830. The lowest BCUT2D eigenvalue weighted by atomic mass is 10.0. The van der Waals surface area contributed by atoms with Gasteiger partial charge in [-0.25, -0.2) is 0 Å². The molecule has 10 aromatic rings. The largest absolute Gasteiger partial charge is 0.456 e. The van der Waals surface area contributed by atoms with Crippen molar-refractivity contribution in [1.82, 2.24) is 4.57 Å². The van der Waals surface area contributed by atoms with E-state index in [0.29, 0.717) is 0 Å². The van der Waals surface area contributed by atoms with Crippen molar-refractivity contribution in [2.45, 2.75) is 0 Å². The number of fused-ring (bicyclic) bond motifs is 8. The zero-order valence-electron chi connectivity index (χ0n) is 26.6. The smallest absolute Gasteiger partial charge is 0.137 e. The predicted octanol–water partition coefficient (Wildman–Crippen LogP) is 13.0. The van der Waals surface area contributed by atoms with E-state index >= 15 is 0 Å². The van der Waals surface area contributed by atoms with Gasteiger partial charge >= 0.3 is 0 Å². The Kier molecular flexibility index (Phi) is 6.18. The van der Waals surface area contributed by atoms with Crippen molar-refractivity contribution in [2.75, 3.05) is 4.90 Å². The molecule has 230 valence electrons. The third-order valence-corrected chi connectivity index (χ3v) is 9.78. The summed E-state index contributed by atoms with van der Waals surface area (Å²) < 4.78 is 8.77. The van der Waals surface area contributed by atoms with E-state index in [9.17, 15) is 0 Å². The van der Waals surface area contributed by atoms with E-state index in [1.165, 1.54) is 38.1 Å². The summed E-state index contributed by atoms with van der Waals surface area (Å²) in [6, 6.07) is 64.9. The third-order valence-electron chi connectivity index (χ3n) is 9.78. The number of aromatic nitrogens is 1. The summed E-state index contributed by atoms with van der Waals surface area (Å²) in [4.78, 5) is 2.35. The van der Waals surface area contributed by atoms with E-state index < -0.39 is 0 Å². The second-order valence-corrected chi connectivity index (χ2v) is 12.5. The van der Waals surface area contributed by atoms with Crippen LogP contribution in [0.1, 0.15) is 0 Å². The lowest BCUT2D eigenvalue weighted by molar-refractivity contribution is 0.669. The fraction of sp³-hybridized carbons (Fsp3) is 0. The van der Waals surface area contributed by atoms with Gasteiger partial charge in [0.15, 0.2) is 0 Å². The molecular weight excluding hydrogens is 597 g/mol. The molecule has 0 amide bonds. The van der Waals surface area contributed by atoms with Crippen LogP contribution < -0.4 is 4.90 Å². The first-order valence-corrected chi connectivity index (χ1v) is 16.7. The van der Waals surface area contributed by atoms with Gasteiger partial charge in [0.1, 0.15) is 11.2 Å². The van der Waals surface area contributed by atoms with Gasteiger partial charge in [0.05, 0.1) is 16.7 Å². The van der Waals surface area contributed by atoms with Gasteiger partial charge in [-0.1, -0.05) is 115 Å².